The van der Waals surface area contributed by atoms with Crippen molar-refractivity contribution in [2.24, 2.45) is 0 Å². The van der Waals surface area contributed by atoms with Crippen LogP contribution in [0.4, 0.5) is 0 Å². The van der Waals surface area contributed by atoms with E-state index in [-0.39, 0.29) is 6.04 Å². The first kappa shape index (κ1) is 16.1. The Balaban J connectivity index is 2.28. The molecule has 0 fully saturated rings. The van der Waals surface area contributed by atoms with E-state index < -0.39 is 0 Å². The third kappa shape index (κ3) is 3.69. The number of hydrogen-bond acceptors (Lipinski definition) is 1. The predicted molar refractivity (Wildman–Crippen MR) is 91.1 cm³/mol. The molecule has 1 nitrogen and oxygen atoms in total. The van der Waals surface area contributed by atoms with Crippen molar-refractivity contribution in [2.45, 2.75) is 12.5 Å². The van der Waals surface area contributed by atoms with Crippen LogP contribution in [0.3, 0.4) is 0 Å². The number of hydrogen-bond donors (Lipinski definition) is 1. The molecule has 0 aliphatic carbocycles. The summed E-state index contributed by atoms with van der Waals surface area (Å²) < 4.78 is 0.883. The van der Waals surface area contributed by atoms with Crippen molar-refractivity contribution in [3.8, 4) is 0 Å². The lowest BCUT2D eigenvalue weighted by molar-refractivity contribution is 0.592. The molecule has 0 bridgehead atoms. The van der Waals surface area contributed by atoms with E-state index in [0.717, 1.165) is 22.0 Å². The van der Waals surface area contributed by atoms with Crippen LogP contribution in [-0.2, 0) is 6.42 Å². The smallest absolute Gasteiger partial charge is 0.0624 e. The van der Waals surface area contributed by atoms with Crippen LogP contribution in [0.15, 0.2) is 40.9 Å². The second-order valence-corrected chi connectivity index (χ2v) is 6.48. The van der Waals surface area contributed by atoms with Crippen LogP contribution >= 0.6 is 50.7 Å². The Morgan fingerprint density at radius 1 is 1.10 bits per heavy atom. The van der Waals surface area contributed by atoms with Crippen molar-refractivity contribution in [3.63, 3.8) is 0 Å². The summed E-state index contributed by atoms with van der Waals surface area (Å²) >= 11 is 21.8. The van der Waals surface area contributed by atoms with Gasteiger partial charge in [-0.15, -0.1) is 0 Å². The Hall–Kier alpha value is -0.250. The molecule has 2 aromatic rings. The Kier molecular flexibility index (Phi) is 5.76. The van der Waals surface area contributed by atoms with Crippen LogP contribution in [-0.4, -0.2) is 7.05 Å². The highest BCUT2D eigenvalue weighted by Crippen LogP contribution is 2.31. The molecule has 0 aliphatic heterocycles. The van der Waals surface area contributed by atoms with Gasteiger partial charge in [0.05, 0.1) is 15.1 Å². The van der Waals surface area contributed by atoms with Gasteiger partial charge in [0.15, 0.2) is 0 Å². The molecule has 0 saturated heterocycles. The fourth-order valence-electron chi connectivity index (χ4n) is 2.04. The topological polar surface area (TPSA) is 12.0 Å². The fraction of sp³-hybridized carbons (Fsp3) is 0.200. The predicted octanol–water partition coefficient (Wildman–Crippen LogP) is 5.91. The van der Waals surface area contributed by atoms with E-state index in [4.69, 9.17) is 34.8 Å². The zero-order chi connectivity index (χ0) is 14.7. The maximum Gasteiger partial charge on any atom is 0.0624 e. The summed E-state index contributed by atoms with van der Waals surface area (Å²) in [4.78, 5) is 0. The SMILES string of the molecule is CNC(Cc1cccc(Cl)c1Cl)c1ccc(Cl)c(Br)c1. The number of rotatable bonds is 4. The van der Waals surface area contributed by atoms with Crippen LogP contribution in [0.1, 0.15) is 17.2 Å². The van der Waals surface area contributed by atoms with E-state index in [1.165, 1.54) is 0 Å². The van der Waals surface area contributed by atoms with Gasteiger partial charge in [-0.1, -0.05) is 53.0 Å². The summed E-state index contributed by atoms with van der Waals surface area (Å²) in [5.41, 5.74) is 2.16. The number of likely N-dealkylation sites (N-methyl/N-ethyl adjacent to an activating group) is 1. The van der Waals surface area contributed by atoms with Crippen molar-refractivity contribution < 1.29 is 0 Å². The van der Waals surface area contributed by atoms with Crippen LogP contribution in [0.5, 0.6) is 0 Å². The molecule has 0 saturated carbocycles. The molecule has 0 heterocycles. The molecule has 2 aromatic carbocycles. The second-order valence-electron chi connectivity index (χ2n) is 4.43. The Labute approximate surface area is 142 Å². The normalized spacial score (nSPS) is 12.4. The van der Waals surface area contributed by atoms with Crippen LogP contribution in [0.25, 0.3) is 0 Å². The van der Waals surface area contributed by atoms with Gasteiger partial charge in [-0.3, -0.25) is 0 Å². The maximum absolute atomic E-state index is 6.25. The molecule has 1 unspecified atom stereocenters. The lowest BCUT2D eigenvalue weighted by Crippen LogP contribution is -2.19. The van der Waals surface area contributed by atoms with Crippen LogP contribution in [0.2, 0.25) is 15.1 Å². The first-order chi connectivity index (χ1) is 9.52. The van der Waals surface area contributed by atoms with Gasteiger partial charge in [-0.05, 0) is 58.7 Å². The zero-order valence-corrected chi connectivity index (χ0v) is 14.6. The molecule has 0 aliphatic rings. The van der Waals surface area contributed by atoms with E-state index in [9.17, 15) is 0 Å². The van der Waals surface area contributed by atoms with E-state index in [1.807, 2.05) is 37.4 Å². The van der Waals surface area contributed by atoms with Gasteiger partial charge in [-0.25, -0.2) is 0 Å². The molecule has 5 heteroatoms. The van der Waals surface area contributed by atoms with Crippen molar-refractivity contribution >= 4 is 50.7 Å². The average Bonchev–Trinajstić information content (AvgIpc) is 2.44. The largest absolute Gasteiger partial charge is 0.313 e. The lowest BCUT2D eigenvalue weighted by Gasteiger charge is -2.18. The van der Waals surface area contributed by atoms with Gasteiger partial charge in [-0.2, -0.15) is 0 Å². The van der Waals surface area contributed by atoms with Gasteiger partial charge in [0.1, 0.15) is 0 Å². The summed E-state index contributed by atoms with van der Waals surface area (Å²) in [6, 6.07) is 11.7. The summed E-state index contributed by atoms with van der Waals surface area (Å²) in [6.45, 7) is 0. The third-order valence-corrected chi connectivity index (χ3v) is 5.22. The van der Waals surface area contributed by atoms with E-state index in [2.05, 4.69) is 21.2 Å². The number of halogens is 4. The minimum absolute atomic E-state index is 0.138. The Morgan fingerprint density at radius 2 is 1.85 bits per heavy atom. The third-order valence-electron chi connectivity index (χ3n) is 3.15. The van der Waals surface area contributed by atoms with Gasteiger partial charge >= 0.3 is 0 Å². The lowest BCUT2D eigenvalue weighted by atomic mass is 9.99. The molecular weight excluding hydrogens is 380 g/mol. The van der Waals surface area contributed by atoms with Crippen molar-refractivity contribution in [3.05, 3.63) is 67.1 Å². The Bertz CT molecular complexity index is 616. The first-order valence-corrected chi connectivity index (χ1v) is 8.00. The van der Waals surface area contributed by atoms with Crippen molar-refractivity contribution in [2.75, 3.05) is 7.05 Å². The molecule has 1 N–H and O–H groups in total. The fourth-order valence-corrected chi connectivity index (χ4v) is 2.95. The van der Waals surface area contributed by atoms with Gasteiger partial charge in [0.2, 0.25) is 0 Å². The van der Waals surface area contributed by atoms with Gasteiger partial charge < -0.3 is 5.32 Å². The monoisotopic (exact) mass is 391 g/mol. The van der Waals surface area contributed by atoms with Crippen molar-refractivity contribution in [1.29, 1.82) is 0 Å². The standard InChI is InChI=1S/C15H13BrCl3N/c1-20-14(9-5-6-12(17)11(16)7-9)8-10-3-2-4-13(18)15(10)19/h2-7,14,20H,8H2,1H3. The minimum Gasteiger partial charge on any atom is -0.313 e. The molecule has 0 radical (unpaired) electrons. The zero-order valence-electron chi connectivity index (χ0n) is 10.8. The summed E-state index contributed by atoms with van der Waals surface area (Å²) in [7, 11) is 1.92. The minimum atomic E-state index is 0.138. The average molecular weight is 394 g/mol. The van der Waals surface area contributed by atoms with Crippen LogP contribution < -0.4 is 5.32 Å². The molecule has 20 heavy (non-hydrogen) atoms. The second kappa shape index (κ2) is 7.15. The number of benzene rings is 2. The molecule has 1 atom stereocenters. The molecule has 0 spiro atoms. The van der Waals surface area contributed by atoms with E-state index in [1.54, 1.807) is 6.07 Å². The Morgan fingerprint density at radius 3 is 2.50 bits per heavy atom. The van der Waals surface area contributed by atoms with E-state index in [0.29, 0.717) is 15.1 Å². The van der Waals surface area contributed by atoms with Crippen molar-refractivity contribution in [1.82, 2.24) is 5.32 Å². The molecule has 0 amide bonds. The highest BCUT2D eigenvalue weighted by Gasteiger charge is 2.14. The summed E-state index contributed by atoms with van der Waals surface area (Å²) in [5, 5.41) is 5.19. The highest BCUT2D eigenvalue weighted by atomic mass is 79.9. The molecular formula is C15H13BrCl3N. The molecule has 2 rings (SSSR count). The van der Waals surface area contributed by atoms with Gasteiger partial charge in [0, 0.05) is 10.5 Å². The number of nitrogens with one attached hydrogen (secondary N) is 1. The molecule has 106 valence electrons. The first-order valence-electron chi connectivity index (χ1n) is 6.08. The van der Waals surface area contributed by atoms with Gasteiger partial charge in [0.25, 0.3) is 0 Å². The maximum atomic E-state index is 6.25. The summed E-state index contributed by atoms with van der Waals surface area (Å²) in [5.74, 6) is 0. The quantitative estimate of drug-likeness (QED) is 0.681. The summed E-state index contributed by atoms with van der Waals surface area (Å²) in [6.07, 6.45) is 0.754. The highest BCUT2D eigenvalue weighted by molar-refractivity contribution is 9.10. The molecule has 0 aromatic heterocycles. The van der Waals surface area contributed by atoms with Crippen LogP contribution in [0, 0.1) is 0 Å². The van der Waals surface area contributed by atoms with E-state index >= 15 is 0 Å².